The summed E-state index contributed by atoms with van der Waals surface area (Å²) in [5.74, 6) is -12.1. The van der Waals surface area contributed by atoms with Gasteiger partial charge in [-0.15, -0.1) is 0 Å². The molecule has 0 radical (unpaired) electrons. The lowest BCUT2D eigenvalue weighted by molar-refractivity contribution is -0.144. The number of carboxylic acid groups (broad SMARTS) is 2. The summed E-state index contributed by atoms with van der Waals surface area (Å²) in [7, 11) is 0. The smallest absolute Gasteiger partial charge is 0.326 e. The standard InChI is InChI=1S/C43H68N10O14S/c1-20(2)15-27(39(62)51-30(18-33(57)58)38(61)47-23(7)36(59)53-35(22(5)6)43(66)67)50-41(64)29(17-31(44)55)48-32(56)19-46-37(60)26(13-14-68-8)49-40(63)28(52-42(65)34(45)21(3)4)16-24-9-11-25(54)12-10-24/h9-12,20-23,26-30,34-35,54H,13-19,45H2,1-8H3,(H2,44,55)(H,46,60)(H,47,61)(H,48,56)(H,49,63)(H,50,64)(H,51,62)(H,52,65)(H,53,59)(H,57,58)(H,66,67)/t23-,26-,27-,28-,29-,30-,34-,35-/m0/s1. The molecule has 0 fully saturated rings. The predicted octanol–water partition coefficient (Wildman–Crippen LogP) is -2.66. The first-order valence-corrected chi connectivity index (χ1v) is 23.2. The number of aromatic hydroxyl groups is 1. The fraction of sp³-hybridized carbons (Fsp3) is 0.605. The minimum atomic E-state index is -1.80. The molecule has 9 amide bonds. The van der Waals surface area contributed by atoms with Crippen molar-refractivity contribution in [2.75, 3.05) is 18.6 Å². The van der Waals surface area contributed by atoms with E-state index in [0.717, 1.165) is 0 Å². The van der Waals surface area contributed by atoms with Crippen LogP contribution in [0, 0.1) is 17.8 Å². The molecule has 0 unspecified atom stereocenters. The van der Waals surface area contributed by atoms with Crippen molar-refractivity contribution in [1.82, 2.24) is 42.5 Å². The van der Waals surface area contributed by atoms with Crippen LogP contribution in [0.15, 0.2) is 24.3 Å². The molecule has 0 heterocycles. The number of phenols is 1. The molecule has 0 aliphatic rings. The number of hydrogen-bond acceptors (Lipinski definition) is 14. The summed E-state index contributed by atoms with van der Waals surface area (Å²) in [5, 5.41) is 47.7. The van der Waals surface area contributed by atoms with E-state index in [0.29, 0.717) is 11.3 Å². The zero-order valence-electron chi connectivity index (χ0n) is 39.5. The third-order valence-electron chi connectivity index (χ3n) is 10.1. The number of nitrogens with two attached hydrogens (primary N) is 2. The number of nitrogens with one attached hydrogen (secondary N) is 8. The van der Waals surface area contributed by atoms with E-state index in [-0.39, 0.29) is 36.8 Å². The van der Waals surface area contributed by atoms with Crippen molar-refractivity contribution in [3.05, 3.63) is 29.8 Å². The summed E-state index contributed by atoms with van der Waals surface area (Å²) < 4.78 is 0. The molecular formula is C43H68N10O14S. The number of carbonyl (C=O) groups excluding carboxylic acids is 9. The van der Waals surface area contributed by atoms with E-state index in [9.17, 15) is 68.1 Å². The molecule has 380 valence electrons. The lowest BCUT2D eigenvalue weighted by atomic mass is 10.0. The Bertz CT molecular complexity index is 1950. The second-order valence-electron chi connectivity index (χ2n) is 17.2. The van der Waals surface area contributed by atoms with Crippen LogP contribution in [-0.4, -0.2) is 147 Å². The molecule has 0 saturated heterocycles. The van der Waals surface area contributed by atoms with Crippen LogP contribution in [0.1, 0.15) is 79.7 Å². The molecule has 8 atom stereocenters. The van der Waals surface area contributed by atoms with Crippen molar-refractivity contribution in [1.29, 1.82) is 0 Å². The van der Waals surface area contributed by atoms with Gasteiger partial charge in [0.15, 0.2) is 0 Å². The lowest BCUT2D eigenvalue weighted by Crippen LogP contribution is -2.59. The van der Waals surface area contributed by atoms with E-state index in [4.69, 9.17) is 11.5 Å². The Hall–Kier alpha value is -6.50. The SMILES string of the molecule is CSCC[C@H](NC(=O)[C@H](Cc1ccc(O)cc1)NC(=O)[C@@H](N)C(C)C)C(=O)NCC(=O)N[C@@H](CC(N)=O)C(=O)N[C@@H](CC(C)C)C(=O)N[C@@H](CC(=O)O)C(=O)N[C@@H](C)C(=O)N[C@H](C(=O)O)C(C)C. The monoisotopic (exact) mass is 980 g/mol. The zero-order valence-corrected chi connectivity index (χ0v) is 40.3. The van der Waals surface area contributed by atoms with Crippen molar-refractivity contribution in [3.8, 4) is 5.75 Å². The van der Waals surface area contributed by atoms with E-state index >= 15 is 0 Å². The second kappa shape index (κ2) is 29.3. The normalized spacial score (nSPS) is 14.6. The molecule has 0 aliphatic carbocycles. The topological polar surface area (TPSA) is 397 Å². The minimum Gasteiger partial charge on any atom is -0.508 e. The van der Waals surface area contributed by atoms with Gasteiger partial charge in [-0.25, -0.2) is 4.79 Å². The van der Waals surface area contributed by atoms with Crippen molar-refractivity contribution < 1.29 is 68.1 Å². The van der Waals surface area contributed by atoms with Crippen LogP contribution in [-0.2, 0) is 59.2 Å². The Kier molecular flexibility index (Phi) is 25.6. The summed E-state index contributed by atoms with van der Waals surface area (Å²) in [6, 6.07) is -5.21. The number of aliphatic carboxylic acids is 2. The van der Waals surface area contributed by atoms with Crippen LogP contribution < -0.4 is 54.0 Å². The number of carboxylic acids is 2. The minimum absolute atomic E-state index is 0.0246. The maximum Gasteiger partial charge on any atom is 0.326 e. The van der Waals surface area contributed by atoms with Crippen molar-refractivity contribution >= 4 is 76.9 Å². The predicted molar refractivity (Wildman–Crippen MR) is 248 cm³/mol. The molecular weight excluding hydrogens is 913 g/mol. The maximum atomic E-state index is 13.7. The Balaban J connectivity index is 3.21. The molecule has 68 heavy (non-hydrogen) atoms. The second-order valence-corrected chi connectivity index (χ2v) is 18.2. The Labute approximate surface area is 398 Å². The number of phenolic OH excluding ortho intramolecular Hbond substituents is 1. The summed E-state index contributed by atoms with van der Waals surface area (Å²) in [4.78, 5) is 142. The van der Waals surface area contributed by atoms with Gasteiger partial charge in [0.1, 0.15) is 48.0 Å². The number of hydrogen-bond donors (Lipinski definition) is 13. The van der Waals surface area contributed by atoms with Crippen LogP contribution in [0.4, 0.5) is 0 Å². The van der Waals surface area contributed by atoms with Gasteiger partial charge in [0, 0.05) is 6.42 Å². The third kappa shape index (κ3) is 21.9. The van der Waals surface area contributed by atoms with Crippen LogP contribution >= 0.6 is 11.8 Å². The van der Waals surface area contributed by atoms with Gasteiger partial charge in [0.25, 0.3) is 0 Å². The van der Waals surface area contributed by atoms with Crippen LogP contribution in [0.2, 0.25) is 0 Å². The Morgan fingerprint density at radius 1 is 0.603 bits per heavy atom. The zero-order chi connectivity index (χ0) is 52.0. The van der Waals surface area contributed by atoms with Gasteiger partial charge in [-0.05, 0) is 67.2 Å². The first kappa shape index (κ1) is 59.5. The first-order valence-electron chi connectivity index (χ1n) is 21.8. The summed E-state index contributed by atoms with van der Waals surface area (Å²) >= 11 is 1.36. The third-order valence-corrected chi connectivity index (χ3v) is 10.7. The molecule has 1 aromatic carbocycles. The Morgan fingerprint density at radius 3 is 1.63 bits per heavy atom. The average Bonchev–Trinajstić information content (AvgIpc) is 3.24. The summed E-state index contributed by atoms with van der Waals surface area (Å²) in [6.45, 7) is 10.3. The molecule has 24 nitrogen and oxygen atoms in total. The molecule has 0 aliphatic heterocycles. The van der Waals surface area contributed by atoms with E-state index in [1.807, 2.05) is 0 Å². The maximum absolute atomic E-state index is 13.7. The van der Waals surface area contributed by atoms with Crippen molar-refractivity contribution in [2.24, 2.45) is 29.2 Å². The van der Waals surface area contributed by atoms with Gasteiger partial charge in [-0.3, -0.25) is 47.9 Å². The van der Waals surface area contributed by atoms with Gasteiger partial charge in [-0.2, -0.15) is 11.8 Å². The number of benzene rings is 1. The van der Waals surface area contributed by atoms with Crippen LogP contribution in [0.3, 0.4) is 0 Å². The fourth-order valence-corrected chi connectivity index (χ4v) is 6.65. The van der Waals surface area contributed by atoms with E-state index in [2.05, 4.69) is 42.5 Å². The number of thioether (sulfide) groups is 1. The van der Waals surface area contributed by atoms with Gasteiger partial charge in [-0.1, -0.05) is 53.7 Å². The molecule has 0 spiro atoms. The van der Waals surface area contributed by atoms with Gasteiger partial charge >= 0.3 is 11.9 Å². The number of carbonyl (C=O) groups is 11. The van der Waals surface area contributed by atoms with E-state index in [1.54, 1.807) is 59.9 Å². The molecule has 15 N–H and O–H groups in total. The molecule has 0 aromatic heterocycles. The molecule has 0 bridgehead atoms. The van der Waals surface area contributed by atoms with Crippen LogP contribution in [0.5, 0.6) is 5.75 Å². The van der Waals surface area contributed by atoms with Crippen LogP contribution in [0.25, 0.3) is 0 Å². The van der Waals surface area contributed by atoms with E-state index in [1.165, 1.54) is 30.8 Å². The lowest BCUT2D eigenvalue weighted by Gasteiger charge is -2.26. The number of rotatable bonds is 30. The Morgan fingerprint density at radius 2 is 1.12 bits per heavy atom. The molecule has 25 heteroatoms. The van der Waals surface area contributed by atoms with Gasteiger partial charge < -0.3 is 69.3 Å². The first-order chi connectivity index (χ1) is 31.7. The van der Waals surface area contributed by atoms with E-state index < -0.39 is 139 Å². The molecule has 1 rings (SSSR count). The summed E-state index contributed by atoms with van der Waals surface area (Å²) in [6.07, 6.45) is -0.0772. The fourth-order valence-electron chi connectivity index (χ4n) is 6.17. The highest BCUT2D eigenvalue weighted by Gasteiger charge is 2.34. The summed E-state index contributed by atoms with van der Waals surface area (Å²) in [5.41, 5.74) is 12.0. The highest BCUT2D eigenvalue weighted by molar-refractivity contribution is 7.98. The molecule has 0 saturated carbocycles. The molecule has 1 aromatic rings. The van der Waals surface area contributed by atoms with Crippen molar-refractivity contribution in [3.63, 3.8) is 0 Å². The van der Waals surface area contributed by atoms with Gasteiger partial charge in [0.2, 0.25) is 53.2 Å². The number of amides is 9. The highest BCUT2D eigenvalue weighted by Crippen LogP contribution is 2.13. The number of primary amides is 1. The largest absolute Gasteiger partial charge is 0.508 e. The highest BCUT2D eigenvalue weighted by atomic mass is 32.2. The van der Waals surface area contributed by atoms with Crippen molar-refractivity contribution in [2.45, 2.75) is 129 Å². The average molecular weight is 981 g/mol. The van der Waals surface area contributed by atoms with Gasteiger partial charge in [0.05, 0.1) is 25.4 Å². The quantitative estimate of drug-likeness (QED) is 0.0374.